The molecule has 0 spiro atoms. The second-order valence-electron chi connectivity index (χ2n) is 26.7. The Bertz CT molecular complexity index is 4110. The smallest absolute Gasteiger partial charge is 0.409 e. The molecule has 7 atom stereocenters. The molecule has 0 radical (unpaired) electrons. The van der Waals surface area contributed by atoms with Gasteiger partial charge in [0.25, 0.3) is 17.7 Å². The monoisotopic (exact) mass is 1360 g/mol. The highest BCUT2D eigenvalue weighted by Crippen LogP contribution is 2.61. The number of carboxylic acids is 2. The van der Waals surface area contributed by atoms with Gasteiger partial charge in [0.2, 0.25) is 12.2 Å². The number of hydrogen-bond acceptors (Lipinski definition) is 19. The van der Waals surface area contributed by atoms with E-state index in [1.807, 2.05) is 41.9 Å². The summed E-state index contributed by atoms with van der Waals surface area (Å²) in [5.74, 6) is -2.89. The number of amides is 5. The summed E-state index contributed by atoms with van der Waals surface area (Å²) in [5.41, 5.74) is 4.29. The summed E-state index contributed by atoms with van der Waals surface area (Å²) in [5, 5.41) is 42.3. The van der Waals surface area contributed by atoms with Crippen LogP contribution in [0.2, 0.25) is 0 Å². The van der Waals surface area contributed by atoms with Crippen LogP contribution in [0.5, 0.6) is 11.5 Å². The Morgan fingerprint density at radius 3 is 2.44 bits per heavy atom. The minimum Gasteiger partial charge on any atom is -0.491 e. The Kier molecular flexibility index (Phi) is 22.0. The first-order valence-electron chi connectivity index (χ1n) is 33.3. The van der Waals surface area contributed by atoms with Gasteiger partial charge in [-0.1, -0.05) is 63.1 Å². The molecule has 7 aromatic rings. The van der Waals surface area contributed by atoms with E-state index < -0.39 is 42.1 Å². The van der Waals surface area contributed by atoms with Gasteiger partial charge in [-0.15, -0.1) is 0 Å². The molecule has 1 saturated heterocycles. The number of rotatable bonds is 30. The lowest BCUT2D eigenvalue weighted by molar-refractivity contribution is -0.195. The number of para-hydroxylation sites is 1. The van der Waals surface area contributed by atoms with E-state index in [1.54, 1.807) is 68.0 Å². The number of aromatic carboxylic acids is 1. The van der Waals surface area contributed by atoms with E-state index in [0.717, 1.165) is 54.4 Å². The van der Waals surface area contributed by atoms with Crippen molar-refractivity contribution in [3.63, 3.8) is 0 Å². The fourth-order valence-corrected chi connectivity index (χ4v) is 15.4. The third kappa shape index (κ3) is 17.0. The van der Waals surface area contributed by atoms with Crippen molar-refractivity contribution in [2.24, 2.45) is 16.7 Å². The number of aliphatic carboxylic acids is 1. The average molecular weight is 1360 g/mol. The summed E-state index contributed by atoms with van der Waals surface area (Å²) < 4.78 is 39.3. The number of pyridine rings is 2. The van der Waals surface area contributed by atoms with Crippen LogP contribution in [0, 0.1) is 23.7 Å². The highest BCUT2D eigenvalue weighted by atomic mass is 32.1. The standard InChI is InChI=1S/C72H83N9O16S/c1-6-70(3)41-71(4)35-45(39-81-44(2)53(38-75-81)50-20-21-54(76-64(50)67(89)90)47-31-52-51(13-12-15-55(52)74-37-47)65(86)78-68-77-56-14-9-10-16-59(56)98-68)36-72(42-70,43-71)95-28-26-79(5)69(91)94-40-46-18-19-49(96-63-33-48(82)32-58(97-63)66(87)88)34-57(46)93-30-29-92-27-24-73-60(83)17-8-7-11-25-80-61(84)22-23-62(80)85/h9-10,12-16,18-23,31,34,37-38,45,48,58,63,82H,6-8,11,17,24-30,32-33,35-36,39-43H2,1-5H3,(H,73,83)(H,87,88)(H,89,90)(H,77,78,86)/t45?,48-,58-,63+,70?,71?,72?/m0/s1. The van der Waals surface area contributed by atoms with E-state index in [0.29, 0.717) is 87.6 Å². The molecular formula is C72H83N9O16S. The predicted octanol–water partition coefficient (Wildman–Crippen LogP) is 10.4. The lowest BCUT2D eigenvalue weighted by Crippen LogP contribution is -2.55. The first-order chi connectivity index (χ1) is 47.0. The molecular weight excluding hydrogens is 1280 g/mol. The van der Waals surface area contributed by atoms with E-state index in [2.05, 4.69) is 41.4 Å². The van der Waals surface area contributed by atoms with Gasteiger partial charge in [0.05, 0.1) is 59.1 Å². The van der Waals surface area contributed by atoms with Gasteiger partial charge in [-0.2, -0.15) is 5.10 Å². The second-order valence-corrected chi connectivity index (χ2v) is 27.8. The molecule has 3 fully saturated rings. The quantitative estimate of drug-likeness (QED) is 0.0206. The highest BCUT2D eigenvalue weighted by molar-refractivity contribution is 7.22. The number of ether oxygens (including phenoxy) is 6. The third-order valence-electron chi connectivity index (χ3n) is 18.9. The number of carbonyl (C=O) groups is 7. The van der Waals surface area contributed by atoms with Gasteiger partial charge >= 0.3 is 18.0 Å². The maximum absolute atomic E-state index is 13.8. The van der Waals surface area contributed by atoms with Crippen molar-refractivity contribution in [3.05, 3.63) is 126 Å². The normalized spacial score (nSPS) is 22.1. The number of hydrogen-bond donors (Lipinski definition) is 5. The number of imide groups is 1. The Morgan fingerprint density at radius 1 is 0.847 bits per heavy atom. The minimum atomic E-state index is -1.26. The van der Waals surface area contributed by atoms with Crippen molar-refractivity contribution >= 4 is 79.2 Å². The number of anilines is 1. The topological polar surface area (TPSA) is 323 Å². The number of aliphatic hydroxyl groups excluding tert-OH is 1. The Labute approximate surface area is 570 Å². The lowest BCUT2D eigenvalue weighted by Gasteiger charge is -2.59. The number of benzene rings is 3. The van der Waals surface area contributed by atoms with Crippen LogP contribution in [-0.2, 0) is 51.3 Å². The van der Waals surface area contributed by atoms with Crippen molar-refractivity contribution in [2.45, 2.75) is 142 Å². The number of likely N-dealkylation sites (N-methyl/N-ethyl adjacent to an activating group) is 1. The Hall–Kier alpha value is -9.21. The predicted molar refractivity (Wildman–Crippen MR) is 362 cm³/mol. The van der Waals surface area contributed by atoms with Crippen molar-refractivity contribution in [2.75, 3.05) is 58.4 Å². The number of carbonyl (C=O) groups excluding carboxylic acids is 5. The number of thiazole rings is 1. The number of carboxylic acid groups (broad SMARTS) is 2. The zero-order valence-corrected chi connectivity index (χ0v) is 56.5. The molecule has 3 aromatic carbocycles. The highest BCUT2D eigenvalue weighted by Gasteiger charge is 2.55. The van der Waals surface area contributed by atoms with Crippen LogP contribution >= 0.6 is 11.3 Å². The average Bonchev–Trinajstić information content (AvgIpc) is 0.880. The first-order valence-corrected chi connectivity index (χ1v) is 34.1. The fourth-order valence-electron chi connectivity index (χ4n) is 14.5. The van der Waals surface area contributed by atoms with Crippen LogP contribution < -0.4 is 20.1 Å². The van der Waals surface area contributed by atoms with Gasteiger partial charge in [0.1, 0.15) is 24.7 Å². The summed E-state index contributed by atoms with van der Waals surface area (Å²) in [7, 11) is 1.65. The van der Waals surface area contributed by atoms with Gasteiger partial charge in [0, 0.05) is 116 Å². The van der Waals surface area contributed by atoms with E-state index >= 15 is 0 Å². The van der Waals surface area contributed by atoms with Crippen LogP contribution in [-0.4, -0.2) is 169 Å². The zero-order valence-electron chi connectivity index (χ0n) is 55.7. The van der Waals surface area contributed by atoms with Crippen molar-refractivity contribution in [1.82, 2.24) is 39.8 Å². The molecule has 98 heavy (non-hydrogen) atoms. The first kappa shape index (κ1) is 70.1. The molecule has 2 saturated carbocycles. The molecule has 518 valence electrons. The van der Waals surface area contributed by atoms with E-state index in [4.69, 9.17) is 38.5 Å². The molecule has 2 bridgehead atoms. The summed E-state index contributed by atoms with van der Waals surface area (Å²) >= 11 is 1.38. The SMILES string of the molecule is CCC1(C)CC2(C)CC(Cn3ncc(-c4ccc(-c5cnc6cccc(C(=O)Nc7nc8ccccc8s7)c6c5)nc4C(=O)O)c3C)CC(OCCN(C)C(=O)OCc3ccc(O[C@H]4C[C@@H](O)C[C@@H](C(=O)O)O4)cc3OCCOCCNC(=O)CCCCCN3C(=O)C=CC3=O)(C1)C2. The van der Waals surface area contributed by atoms with Gasteiger partial charge in [-0.25, -0.2) is 24.4 Å². The maximum Gasteiger partial charge on any atom is 0.409 e. The molecule has 11 rings (SSSR count). The van der Waals surface area contributed by atoms with E-state index in [1.165, 1.54) is 33.3 Å². The number of nitrogens with one attached hydrogen (secondary N) is 2. The van der Waals surface area contributed by atoms with Crippen LogP contribution in [0.15, 0.2) is 103 Å². The van der Waals surface area contributed by atoms with Crippen LogP contribution in [0.25, 0.3) is 43.5 Å². The number of nitrogens with zero attached hydrogens (tertiary/aromatic N) is 7. The summed E-state index contributed by atoms with van der Waals surface area (Å²) in [6.07, 6.45) is 9.41. The zero-order chi connectivity index (χ0) is 69.3. The van der Waals surface area contributed by atoms with Gasteiger partial charge in [0.15, 0.2) is 16.9 Å². The van der Waals surface area contributed by atoms with Crippen LogP contribution in [0.1, 0.15) is 130 Å². The minimum absolute atomic E-state index is 0.0146. The van der Waals surface area contributed by atoms with Crippen molar-refractivity contribution < 1.29 is 77.3 Å². The lowest BCUT2D eigenvalue weighted by atomic mass is 9.50. The molecule has 25 nitrogen and oxygen atoms in total. The van der Waals surface area contributed by atoms with Crippen LogP contribution in [0.3, 0.4) is 0 Å². The Morgan fingerprint density at radius 2 is 1.65 bits per heavy atom. The summed E-state index contributed by atoms with van der Waals surface area (Å²) in [6, 6.07) is 23.1. The van der Waals surface area contributed by atoms with Gasteiger partial charge in [-0.3, -0.25) is 39.1 Å². The molecule has 26 heteroatoms. The number of fused-ring (bicyclic) bond motifs is 4. The molecule has 4 aliphatic rings. The van der Waals surface area contributed by atoms with Crippen molar-refractivity contribution in [3.8, 4) is 33.9 Å². The number of aromatic nitrogens is 5. The molecule has 4 unspecified atom stereocenters. The van der Waals surface area contributed by atoms with Crippen molar-refractivity contribution in [1.29, 1.82) is 0 Å². The number of unbranched alkanes of at least 4 members (excludes halogenated alkanes) is 2. The molecule has 2 aliphatic heterocycles. The largest absolute Gasteiger partial charge is 0.491 e. The fraction of sp³-hybridized carbons (Fsp3) is 0.458. The van der Waals surface area contributed by atoms with Crippen LogP contribution in [0.4, 0.5) is 9.93 Å². The molecule has 5 amide bonds. The van der Waals surface area contributed by atoms with Gasteiger partial charge in [-0.05, 0) is 123 Å². The number of aliphatic hydroxyl groups is 1. The molecule has 5 N–H and O–H groups in total. The summed E-state index contributed by atoms with van der Waals surface area (Å²) in [4.78, 5) is 105. The Balaban J connectivity index is 0.696. The maximum atomic E-state index is 13.8. The molecule has 4 aromatic heterocycles. The third-order valence-corrected chi connectivity index (χ3v) is 19.9. The van der Waals surface area contributed by atoms with E-state index in [9.17, 15) is 48.9 Å². The summed E-state index contributed by atoms with van der Waals surface area (Å²) in [6.45, 7) is 10.7. The van der Waals surface area contributed by atoms with Gasteiger partial charge < -0.3 is 54.0 Å². The van der Waals surface area contributed by atoms with E-state index in [-0.39, 0.29) is 117 Å². The second kappa shape index (κ2) is 30.7. The molecule has 2 aliphatic carbocycles. The molecule has 6 heterocycles.